The Hall–Kier alpha value is -6.08. The van der Waals surface area contributed by atoms with E-state index in [0.717, 1.165) is 49.5 Å². The van der Waals surface area contributed by atoms with Crippen LogP contribution in [0, 0.1) is 13.8 Å². The quantitative estimate of drug-likeness (QED) is 0.0717. The predicted molar refractivity (Wildman–Crippen MR) is 247 cm³/mol. The van der Waals surface area contributed by atoms with Gasteiger partial charge in [-0.05, 0) is 131 Å². The monoisotopic (exact) mass is 904 g/mol. The molecule has 2 N–H and O–H groups in total. The lowest BCUT2D eigenvalue weighted by molar-refractivity contribution is -0.141. The van der Waals surface area contributed by atoms with Crippen molar-refractivity contribution in [3.05, 3.63) is 171 Å². The first-order valence-electron chi connectivity index (χ1n) is 20.0. The SMILES string of the molecule is COC(=O)CCc1cccc(OCc2ccc(-c3cccc(OC)c3)c(C)c2)c1.COC(=O)CCc1cccc(OCc2ccc(Br)c(C)c2)c1.COc1cccc(B(O)O)c1. The highest BCUT2D eigenvalue weighted by Crippen LogP contribution is 2.28. The molecule has 10 nitrogen and oxygen atoms in total. The average Bonchev–Trinajstić information content (AvgIpc) is 3.30. The van der Waals surface area contributed by atoms with E-state index < -0.39 is 7.12 Å². The van der Waals surface area contributed by atoms with Gasteiger partial charge in [0.05, 0.1) is 28.4 Å². The van der Waals surface area contributed by atoms with Crippen LogP contribution < -0.4 is 24.4 Å². The molecule has 0 spiro atoms. The number of hydrogen-bond donors (Lipinski definition) is 2. The fourth-order valence-electron chi connectivity index (χ4n) is 6.14. The van der Waals surface area contributed by atoms with Crippen molar-refractivity contribution in [2.75, 3.05) is 28.4 Å². The molecular weight excluding hydrogens is 851 g/mol. The standard InChI is InChI=1S/C25H26O4.C18H19BrO3.C7H9BO3/c1-18-14-20(10-12-24(18)21-7-5-8-22(16-21)27-2)17-29-23-9-4-6-19(15-23)11-13-25(26)28-3;1-13-10-15(6-8-17(13)19)12-22-16-5-3-4-14(11-16)7-9-18(20)21-2;1-11-7-4-2-3-6(5-7)8(9)10/h4-10,12,14-16H,11,13,17H2,1-3H3;3-6,8,10-11H,7,9,12H2,1-2H3;2-5,9-10H,1H3. The number of esters is 2. The van der Waals surface area contributed by atoms with E-state index in [0.29, 0.717) is 50.1 Å². The summed E-state index contributed by atoms with van der Waals surface area (Å²) in [6.45, 7) is 5.17. The fourth-order valence-corrected chi connectivity index (χ4v) is 6.39. The van der Waals surface area contributed by atoms with Crippen LogP contribution >= 0.6 is 15.9 Å². The minimum atomic E-state index is -1.43. The molecule has 6 rings (SSSR count). The van der Waals surface area contributed by atoms with E-state index in [1.54, 1.807) is 31.4 Å². The highest BCUT2D eigenvalue weighted by atomic mass is 79.9. The van der Waals surface area contributed by atoms with Crippen LogP contribution in [0.5, 0.6) is 23.0 Å². The van der Waals surface area contributed by atoms with E-state index in [-0.39, 0.29) is 11.9 Å². The second kappa shape index (κ2) is 25.6. The highest BCUT2D eigenvalue weighted by molar-refractivity contribution is 9.10. The summed E-state index contributed by atoms with van der Waals surface area (Å²) in [5, 5.41) is 17.5. The summed E-state index contributed by atoms with van der Waals surface area (Å²) in [6, 6.07) is 42.9. The van der Waals surface area contributed by atoms with Crippen LogP contribution in [0.15, 0.2) is 138 Å². The maximum absolute atomic E-state index is 11.3. The number of carbonyl (C=O) groups is 2. The summed E-state index contributed by atoms with van der Waals surface area (Å²) in [7, 11) is 4.59. The van der Waals surface area contributed by atoms with Crippen LogP contribution in [0.4, 0.5) is 0 Å². The summed E-state index contributed by atoms with van der Waals surface area (Å²) in [5.74, 6) is 2.67. The van der Waals surface area contributed by atoms with E-state index in [2.05, 4.69) is 64.8 Å². The molecule has 0 fully saturated rings. The molecule has 0 radical (unpaired) electrons. The first-order valence-corrected chi connectivity index (χ1v) is 20.8. The minimum Gasteiger partial charge on any atom is -0.497 e. The third kappa shape index (κ3) is 16.4. The van der Waals surface area contributed by atoms with Gasteiger partial charge < -0.3 is 38.5 Å². The Morgan fingerprint density at radius 3 is 1.52 bits per heavy atom. The first-order chi connectivity index (χ1) is 29.9. The topological polar surface area (TPSA) is 130 Å². The Kier molecular flexibility index (Phi) is 20.1. The number of aryl methyl sites for hydroxylation is 4. The molecule has 12 heteroatoms. The minimum absolute atomic E-state index is 0.198. The van der Waals surface area contributed by atoms with Gasteiger partial charge in [-0.15, -0.1) is 0 Å². The molecule has 0 unspecified atom stereocenters. The van der Waals surface area contributed by atoms with Crippen molar-refractivity contribution in [1.82, 2.24) is 0 Å². The van der Waals surface area contributed by atoms with Crippen LogP contribution in [0.1, 0.15) is 46.2 Å². The Balaban J connectivity index is 0.000000225. The van der Waals surface area contributed by atoms with E-state index in [1.165, 1.54) is 38.0 Å². The Morgan fingerprint density at radius 2 is 1.02 bits per heavy atom. The smallest absolute Gasteiger partial charge is 0.488 e. The third-order valence-corrected chi connectivity index (χ3v) is 10.5. The number of halogens is 1. The second-order valence-corrected chi connectivity index (χ2v) is 15.0. The van der Waals surface area contributed by atoms with E-state index in [4.69, 9.17) is 33.7 Å². The molecule has 6 aromatic rings. The number of hydrogen-bond acceptors (Lipinski definition) is 10. The van der Waals surface area contributed by atoms with Crippen molar-refractivity contribution >= 4 is 40.4 Å². The summed E-state index contributed by atoms with van der Waals surface area (Å²) in [6.07, 6.45) is 2.04. The zero-order valence-electron chi connectivity index (χ0n) is 36.1. The van der Waals surface area contributed by atoms with Crippen LogP contribution in [0.2, 0.25) is 0 Å². The number of ether oxygens (including phenoxy) is 6. The molecule has 0 aromatic heterocycles. The third-order valence-electron chi connectivity index (χ3n) is 9.58. The number of carbonyl (C=O) groups excluding carboxylic acids is 2. The van der Waals surface area contributed by atoms with Gasteiger partial charge in [0.25, 0.3) is 0 Å². The van der Waals surface area contributed by atoms with Crippen molar-refractivity contribution in [3.63, 3.8) is 0 Å². The molecule has 0 saturated carbocycles. The van der Waals surface area contributed by atoms with Gasteiger partial charge in [0.15, 0.2) is 0 Å². The van der Waals surface area contributed by atoms with Crippen molar-refractivity contribution in [3.8, 4) is 34.1 Å². The molecule has 6 aromatic carbocycles. The molecule has 0 aliphatic carbocycles. The Bertz CT molecular complexity index is 2350. The fraction of sp³-hybridized carbons (Fsp3) is 0.240. The molecule has 0 atom stereocenters. The average molecular weight is 906 g/mol. The largest absolute Gasteiger partial charge is 0.497 e. The summed E-state index contributed by atoms with van der Waals surface area (Å²) in [5.41, 5.74) is 9.47. The van der Waals surface area contributed by atoms with Gasteiger partial charge >= 0.3 is 19.1 Å². The van der Waals surface area contributed by atoms with Crippen molar-refractivity contribution in [1.29, 1.82) is 0 Å². The molecule has 0 aliphatic heterocycles. The Labute approximate surface area is 373 Å². The molecule has 62 heavy (non-hydrogen) atoms. The van der Waals surface area contributed by atoms with Crippen molar-refractivity contribution in [2.45, 2.75) is 52.7 Å². The predicted octanol–water partition coefficient (Wildman–Crippen LogP) is 9.17. The van der Waals surface area contributed by atoms with Gasteiger partial charge in [0.2, 0.25) is 0 Å². The van der Waals surface area contributed by atoms with Gasteiger partial charge in [0.1, 0.15) is 36.2 Å². The molecule has 0 heterocycles. The van der Waals surface area contributed by atoms with Gasteiger partial charge in [0, 0.05) is 17.3 Å². The number of rotatable bonds is 16. The maximum atomic E-state index is 11.3. The summed E-state index contributed by atoms with van der Waals surface area (Å²) < 4.78 is 32.5. The number of benzene rings is 6. The van der Waals surface area contributed by atoms with Gasteiger partial charge in [-0.1, -0.05) is 94.8 Å². The lowest BCUT2D eigenvalue weighted by atomic mass is 9.80. The molecule has 0 amide bonds. The summed E-state index contributed by atoms with van der Waals surface area (Å²) in [4.78, 5) is 22.5. The molecule has 0 saturated heterocycles. The molecule has 0 aliphatic rings. The second-order valence-electron chi connectivity index (χ2n) is 14.1. The van der Waals surface area contributed by atoms with Gasteiger partial charge in [-0.2, -0.15) is 0 Å². The first kappa shape index (κ1) is 48.6. The van der Waals surface area contributed by atoms with Crippen molar-refractivity contribution < 1.29 is 48.1 Å². The maximum Gasteiger partial charge on any atom is 0.488 e. The summed E-state index contributed by atoms with van der Waals surface area (Å²) >= 11 is 3.49. The van der Waals surface area contributed by atoms with Crippen LogP contribution in [0.25, 0.3) is 11.1 Å². The molecule has 0 bridgehead atoms. The van der Waals surface area contributed by atoms with Gasteiger partial charge in [-0.3, -0.25) is 9.59 Å². The zero-order valence-corrected chi connectivity index (χ0v) is 37.6. The highest BCUT2D eigenvalue weighted by Gasteiger charge is 2.11. The zero-order chi connectivity index (χ0) is 44.9. The van der Waals surface area contributed by atoms with Gasteiger partial charge in [-0.25, -0.2) is 0 Å². The normalized spacial score (nSPS) is 10.2. The van der Waals surface area contributed by atoms with Crippen LogP contribution in [-0.2, 0) is 45.1 Å². The van der Waals surface area contributed by atoms with Crippen molar-refractivity contribution in [2.24, 2.45) is 0 Å². The van der Waals surface area contributed by atoms with E-state index in [9.17, 15) is 9.59 Å². The van der Waals surface area contributed by atoms with Crippen LogP contribution in [0.3, 0.4) is 0 Å². The molecular formula is C50H54BBrO10. The van der Waals surface area contributed by atoms with Crippen LogP contribution in [-0.4, -0.2) is 57.5 Å². The lowest BCUT2D eigenvalue weighted by Gasteiger charge is -2.12. The van der Waals surface area contributed by atoms with E-state index >= 15 is 0 Å². The Morgan fingerprint density at radius 1 is 0.532 bits per heavy atom. The molecule has 324 valence electrons. The lowest BCUT2D eigenvalue weighted by Crippen LogP contribution is -2.29. The number of methoxy groups -OCH3 is 4. The van der Waals surface area contributed by atoms with E-state index in [1.807, 2.05) is 78.9 Å².